The number of carbonyl (C=O) groups excluding carboxylic acids is 1. The fraction of sp³-hybridized carbons (Fsp3) is 0.211. The summed E-state index contributed by atoms with van der Waals surface area (Å²) in [7, 11) is 3.09. The summed E-state index contributed by atoms with van der Waals surface area (Å²) in [6.07, 6.45) is 0.567. The Balaban J connectivity index is 1.60. The fourth-order valence-electron chi connectivity index (χ4n) is 2.36. The lowest BCUT2D eigenvalue weighted by molar-refractivity contribution is 0.102. The highest BCUT2D eigenvalue weighted by Gasteiger charge is 2.14. The average molecular weight is 370 g/mol. The maximum Gasteiger partial charge on any atom is 0.277 e. The molecule has 0 aliphatic heterocycles. The summed E-state index contributed by atoms with van der Waals surface area (Å²) in [5, 5.41) is 8.39. The Kier molecular flexibility index (Phi) is 5.91. The molecule has 0 fully saturated rings. The molecule has 3 aromatic rings. The van der Waals surface area contributed by atoms with Gasteiger partial charge < -0.3 is 13.9 Å². The minimum Gasteiger partial charge on any atom is -0.493 e. The van der Waals surface area contributed by atoms with Crippen LogP contribution in [0.1, 0.15) is 21.8 Å². The number of aromatic nitrogens is 2. The van der Waals surface area contributed by atoms with Gasteiger partial charge in [-0.15, -0.1) is 10.2 Å². The number of hydrogen-bond donors (Lipinski definition) is 0. The van der Waals surface area contributed by atoms with Gasteiger partial charge in [-0.1, -0.05) is 42.1 Å². The van der Waals surface area contributed by atoms with Crippen molar-refractivity contribution in [2.45, 2.75) is 11.6 Å². The van der Waals surface area contributed by atoms with E-state index < -0.39 is 0 Å². The van der Waals surface area contributed by atoms with Gasteiger partial charge in [0, 0.05) is 5.56 Å². The summed E-state index contributed by atoms with van der Waals surface area (Å²) < 4.78 is 16.0. The second kappa shape index (κ2) is 8.53. The standard InChI is InChI=1S/C19H18N2O4S/c1-23-16-9-8-14(11-17(16)24-2)15(22)12-26-19-21-20-18(25-19)10-13-6-4-3-5-7-13/h3-9,11H,10,12H2,1-2H3. The normalized spacial score (nSPS) is 10.5. The maximum atomic E-state index is 12.4. The second-order valence-electron chi connectivity index (χ2n) is 5.41. The van der Waals surface area contributed by atoms with E-state index in [2.05, 4.69) is 10.2 Å². The van der Waals surface area contributed by atoms with E-state index in [1.165, 1.54) is 18.9 Å². The Morgan fingerprint density at radius 2 is 1.81 bits per heavy atom. The first-order chi connectivity index (χ1) is 12.7. The number of Topliss-reactive ketones (excluding diaryl/α,β-unsaturated/α-hetero) is 1. The van der Waals surface area contributed by atoms with E-state index in [1.54, 1.807) is 25.3 Å². The Bertz CT molecular complexity index is 880. The van der Waals surface area contributed by atoms with E-state index in [9.17, 15) is 4.79 Å². The lowest BCUT2D eigenvalue weighted by atomic mass is 10.1. The summed E-state index contributed by atoms with van der Waals surface area (Å²) in [6, 6.07) is 15.0. The maximum absolute atomic E-state index is 12.4. The molecule has 26 heavy (non-hydrogen) atoms. The third-order valence-corrected chi connectivity index (χ3v) is 4.50. The molecule has 134 valence electrons. The molecule has 0 spiro atoms. The van der Waals surface area contributed by atoms with Gasteiger partial charge in [-0.25, -0.2) is 0 Å². The van der Waals surface area contributed by atoms with E-state index in [0.717, 1.165) is 5.56 Å². The molecule has 1 heterocycles. The number of nitrogens with zero attached hydrogens (tertiary/aromatic N) is 2. The zero-order valence-electron chi connectivity index (χ0n) is 14.5. The molecule has 0 atom stereocenters. The van der Waals surface area contributed by atoms with Gasteiger partial charge in [-0.3, -0.25) is 4.79 Å². The van der Waals surface area contributed by atoms with E-state index >= 15 is 0 Å². The van der Waals surface area contributed by atoms with Gasteiger partial charge in [0.1, 0.15) is 0 Å². The van der Waals surface area contributed by atoms with Gasteiger partial charge in [-0.2, -0.15) is 0 Å². The molecule has 0 amide bonds. The highest BCUT2D eigenvalue weighted by atomic mass is 32.2. The highest BCUT2D eigenvalue weighted by Crippen LogP contribution is 2.28. The summed E-state index contributed by atoms with van der Waals surface area (Å²) in [5.41, 5.74) is 1.63. The van der Waals surface area contributed by atoms with Crippen molar-refractivity contribution in [2.75, 3.05) is 20.0 Å². The Hall–Kier alpha value is -2.80. The SMILES string of the molecule is COc1ccc(C(=O)CSc2nnc(Cc3ccccc3)o2)cc1OC. The van der Waals surface area contributed by atoms with Crippen LogP contribution < -0.4 is 9.47 Å². The number of rotatable bonds is 8. The van der Waals surface area contributed by atoms with Gasteiger partial charge in [0.05, 0.1) is 26.4 Å². The number of carbonyl (C=O) groups is 1. The minimum atomic E-state index is -0.0567. The molecule has 7 heteroatoms. The van der Waals surface area contributed by atoms with Crippen LogP contribution in [0.25, 0.3) is 0 Å². The van der Waals surface area contributed by atoms with Gasteiger partial charge in [0.2, 0.25) is 5.89 Å². The van der Waals surface area contributed by atoms with Crippen molar-refractivity contribution in [2.24, 2.45) is 0 Å². The monoisotopic (exact) mass is 370 g/mol. The third-order valence-electron chi connectivity index (χ3n) is 3.68. The molecule has 1 aromatic heterocycles. The van der Waals surface area contributed by atoms with Crippen molar-refractivity contribution in [1.29, 1.82) is 0 Å². The molecule has 3 rings (SSSR count). The van der Waals surface area contributed by atoms with Crippen LogP contribution in [0.3, 0.4) is 0 Å². The summed E-state index contributed by atoms with van der Waals surface area (Å²) >= 11 is 1.22. The quantitative estimate of drug-likeness (QED) is 0.442. The van der Waals surface area contributed by atoms with Gasteiger partial charge in [0.25, 0.3) is 5.22 Å². The van der Waals surface area contributed by atoms with Crippen molar-refractivity contribution < 1.29 is 18.7 Å². The van der Waals surface area contributed by atoms with E-state index in [-0.39, 0.29) is 11.5 Å². The molecule has 0 bridgehead atoms. The number of benzene rings is 2. The number of ether oxygens (including phenoxy) is 2. The first-order valence-electron chi connectivity index (χ1n) is 7.94. The van der Waals surface area contributed by atoms with Crippen LogP contribution in [-0.2, 0) is 6.42 Å². The summed E-state index contributed by atoms with van der Waals surface area (Å²) in [5.74, 6) is 1.77. The van der Waals surface area contributed by atoms with Crippen molar-refractivity contribution >= 4 is 17.5 Å². The molecule has 0 aliphatic carbocycles. The highest BCUT2D eigenvalue weighted by molar-refractivity contribution is 7.99. The van der Waals surface area contributed by atoms with E-state index in [0.29, 0.717) is 34.6 Å². The lowest BCUT2D eigenvalue weighted by Gasteiger charge is -2.08. The topological polar surface area (TPSA) is 74.5 Å². The predicted octanol–water partition coefficient (Wildman–Crippen LogP) is 3.65. The molecule has 6 nitrogen and oxygen atoms in total. The zero-order chi connectivity index (χ0) is 18.4. The summed E-state index contributed by atoms with van der Waals surface area (Å²) in [4.78, 5) is 12.4. The Morgan fingerprint density at radius 3 is 2.54 bits per heavy atom. The number of ketones is 1. The predicted molar refractivity (Wildman–Crippen MR) is 98.1 cm³/mol. The lowest BCUT2D eigenvalue weighted by Crippen LogP contribution is -2.03. The smallest absolute Gasteiger partial charge is 0.277 e. The van der Waals surface area contributed by atoms with Crippen LogP contribution in [0.5, 0.6) is 11.5 Å². The van der Waals surface area contributed by atoms with Crippen molar-refractivity contribution in [3.8, 4) is 11.5 Å². The van der Waals surface area contributed by atoms with Crippen LogP contribution in [0, 0.1) is 0 Å². The third kappa shape index (κ3) is 4.43. The fourth-order valence-corrected chi connectivity index (χ4v) is 3.03. The number of methoxy groups -OCH3 is 2. The molecule has 0 radical (unpaired) electrons. The second-order valence-corrected chi connectivity index (χ2v) is 6.33. The van der Waals surface area contributed by atoms with Crippen LogP contribution >= 0.6 is 11.8 Å². The van der Waals surface area contributed by atoms with E-state index in [4.69, 9.17) is 13.9 Å². The first-order valence-corrected chi connectivity index (χ1v) is 8.92. The van der Waals surface area contributed by atoms with Crippen LogP contribution in [0.2, 0.25) is 0 Å². The Morgan fingerprint density at radius 1 is 1.04 bits per heavy atom. The molecular weight excluding hydrogens is 352 g/mol. The van der Waals surface area contributed by atoms with Crippen LogP contribution in [0.4, 0.5) is 0 Å². The van der Waals surface area contributed by atoms with Crippen LogP contribution in [0.15, 0.2) is 58.2 Å². The number of thioether (sulfide) groups is 1. The average Bonchev–Trinajstić information content (AvgIpc) is 3.13. The van der Waals surface area contributed by atoms with Gasteiger partial charge >= 0.3 is 0 Å². The van der Waals surface area contributed by atoms with Gasteiger partial charge in [0.15, 0.2) is 17.3 Å². The number of hydrogen-bond acceptors (Lipinski definition) is 7. The largest absolute Gasteiger partial charge is 0.493 e. The summed E-state index contributed by atoms with van der Waals surface area (Å²) in [6.45, 7) is 0. The molecule has 0 aliphatic rings. The molecule has 0 unspecified atom stereocenters. The minimum absolute atomic E-state index is 0.0567. The molecular formula is C19H18N2O4S. The molecule has 0 saturated carbocycles. The first kappa shape index (κ1) is 18.0. The van der Waals surface area contributed by atoms with Crippen molar-refractivity contribution in [3.05, 3.63) is 65.5 Å². The van der Waals surface area contributed by atoms with E-state index in [1.807, 2.05) is 30.3 Å². The molecule has 2 aromatic carbocycles. The van der Waals surface area contributed by atoms with Crippen LogP contribution in [-0.4, -0.2) is 36.0 Å². The van der Waals surface area contributed by atoms with Crippen molar-refractivity contribution in [3.63, 3.8) is 0 Å². The van der Waals surface area contributed by atoms with Crippen molar-refractivity contribution in [1.82, 2.24) is 10.2 Å². The van der Waals surface area contributed by atoms with Gasteiger partial charge in [-0.05, 0) is 23.8 Å². The molecule has 0 saturated heterocycles. The molecule has 0 N–H and O–H groups in total. The Labute approximate surface area is 155 Å². The zero-order valence-corrected chi connectivity index (χ0v) is 15.3.